The number of hydrogen-bond donors (Lipinski definition) is 2. The SMILES string of the molecule is CCCC/C=N\NC(=O)c1ccc(CO)nc1. The summed E-state index contributed by atoms with van der Waals surface area (Å²) in [4.78, 5) is 15.5. The van der Waals surface area contributed by atoms with Crippen molar-refractivity contribution in [1.82, 2.24) is 10.4 Å². The van der Waals surface area contributed by atoms with E-state index < -0.39 is 0 Å². The van der Waals surface area contributed by atoms with Crippen molar-refractivity contribution in [1.29, 1.82) is 0 Å². The van der Waals surface area contributed by atoms with Crippen LogP contribution >= 0.6 is 0 Å². The monoisotopic (exact) mass is 235 g/mol. The van der Waals surface area contributed by atoms with Gasteiger partial charge in [-0.25, -0.2) is 5.43 Å². The van der Waals surface area contributed by atoms with Gasteiger partial charge in [-0.2, -0.15) is 5.10 Å². The van der Waals surface area contributed by atoms with Crippen molar-refractivity contribution in [3.63, 3.8) is 0 Å². The van der Waals surface area contributed by atoms with Crippen molar-refractivity contribution in [2.24, 2.45) is 5.10 Å². The van der Waals surface area contributed by atoms with E-state index in [1.54, 1.807) is 18.3 Å². The normalized spacial score (nSPS) is 10.7. The van der Waals surface area contributed by atoms with Gasteiger partial charge in [0, 0.05) is 12.4 Å². The van der Waals surface area contributed by atoms with Crippen LogP contribution < -0.4 is 5.43 Å². The van der Waals surface area contributed by atoms with Gasteiger partial charge in [0.2, 0.25) is 0 Å². The van der Waals surface area contributed by atoms with E-state index in [0.717, 1.165) is 19.3 Å². The van der Waals surface area contributed by atoms with Gasteiger partial charge in [0.15, 0.2) is 0 Å². The summed E-state index contributed by atoms with van der Waals surface area (Å²) < 4.78 is 0. The lowest BCUT2D eigenvalue weighted by molar-refractivity contribution is 0.0954. The number of carbonyl (C=O) groups excluding carboxylic acids is 1. The maximum atomic E-state index is 11.5. The Morgan fingerprint density at radius 3 is 3.00 bits per heavy atom. The number of rotatable bonds is 6. The Morgan fingerprint density at radius 1 is 1.59 bits per heavy atom. The van der Waals surface area contributed by atoms with Crippen LogP contribution in [0.2, 0.25) is 0 Å². The molecule has 0 aliphatic rings. The highest BCUT2D eigenvalue weighted by Gasteiger charge is 2.03. The van der Waals surface area contributed by atoms with Crippen LogP contribution in [0, 0.1) is 0 Å². The van der Waals surface area contributed by atoms with Crippen LogP contribution in [0.3, 0.4) is 0 Å². The van der Waals surface area contributed by atoms with Gasteiger partial charge < -0.3 is 5.11 Å². The number of nitrogens with zero attached hydrogens (tertiary/aromatic N) is 2. The minimum absolute atomic E-state index is 0.128. The Labute approximate surface area is 101 Å². The molecule has 1 amide bonds. The first-order chi connectivity index (χ1) is 8.27. The summed E-state index contributed by atoms with van der Waals surface area (Å²) in [6.07, 6.45) is 6.14. The molecule has 92 valence electrons. The number of aliphatic hydroxyl groups excluding tert-OH is 1. The van der Waals surface area contributed by atoms with E-state index in [0.29, 0.717) is 11.3 Å². The molecule has 5 heteroatoms. The van der Waals surface area contributed by atoms with Crippen molar-refractivity contribution >= 4 is 12.1 Å². The number of aromatic nitrogens is 1. The number of hydrogen-bond acceptors (Lipinski definition) is 4. The van der Waals surface area contributed by atoms with E-state index in [1.165, 1.54) is 6.20 Å². The van der Waals surface area contributed by atoms with E-state index in [-0.39, 0.29) is 12.5 Å². The van der Waals surface area contributed by atoms with Crippen LogP contribution in [-0.2, 0) is 6.61 Å². The average molecular weight is 235 g/mol. The first-order valence-electron chi connectivity index (χ1n) is 5.65. The van der Waals surface area contributed by atoms with Crippen LogP contribution in [0.4, 0.5) is 0 Å². The number of amides is 1. The molecule has 1 aromatic heterocycles. The summed E-state index contributed by atoms with van der Waals surface area (Å²) in [5.41, 5.74) is 3.38. The quantitative estimate of drug-likeness (QED) is 0.445. The fourth-order valence-electron chi connectivity index (χ4n) is 1.18. The number of carbonyl (C=O) groups is 1. The summed E-state index contributed by atoms with van der Waals surface area (Å²) in [6, 6.07) is 3.21. The molecule has 0 saturated heterocycles. The lowest BCUT2D eigenvalue weighted by Gasteiger charge is -2.00. The van der Waals surface area contributed by atoms with Crippen molar-refractivity contribution < 1.29 is 9.90 Å². The van der Waals surface area contributed by atoms with Crippen molar-refractivity contribution in [2.45, 2.75) is 32.8 Å². The molecule has 0 aliphatic heterocycles. The van der Waals surface area contributed by atoms with Crippen molar-refractivity contribution in [3.8, 4) is 0 Å². The third kappa shape index (κ3) is 4.74. The molecule has 1 heterocycles. The third-order valence-corrected chi connectivity index (χ3v) is 2.19. The molecule has 2 N–H and O–H groups in total. The second-order valence-electron chi connectivity index (χ2n) is 3.59. The number of unbranched alkanes of at least 4 members (excludes halogenated alkanes) is 2. The van der Waals surface area contributed by atoms with Crippen LogP contribution in [0.25, 0.3) is 0 Å². The van der Waals surface area contributed by atoms with E-state index in [9.17, 15) is 4.79 Å². The highest BCUT2D eigenvalue weighted by atomic mass is 16.3. The Hall–Kier alpha value is -1.75. The van der Waals surface area contributed by atoms with Crippen LogP contribution in [0.15, 0.2) is 23.4 Å². The van der Waals surface area contributed by atoms with E-state index in [4.69, 9.17) is 5.11 Å². The molecule has 17 heavy (non-hydrogen) atoms. The summed E-state index contributed by atoms with van der Waals surface area (Å²) >= 11 is 0. The minimum atomic E-state index is -0.297. The second kappa shape index (κ2) is 7.51. The lowest BCUT2D eigenvalue weighted by Crippen LogP contribution is -2.17. The fourth-order valence-corrected chi connectivity index (χ4v) is 1.18. The Balaban J connectivity index is 2.43. The molecule has 0 spiro atoms. The molecular weight excluding hydrogens is 218 g/mol. The number of nitrogens with one attached hydrogen (secondary N) is 1. The molecule has 0 bridgehead atoms. The van der Waals surface area contributed by atoms with E-state index in [2.05, 4.69) is 22.4 Å². The number of aliphatic hydroxyl groups is 1. The molecule has 5 nitrogen and oxygen atoms in total. The van der Waals surface area contributed by atoms with Gasteiger partial charge >= 0.3 is 0 Å². The van der Waals surface area contributed by atoms with Gasteiger partial charge in [0.05, 0.1) is 17.9 Å². The molecule has 0 unspecified atom stereocenters. The molecule has 0 atom stereocenters. The zero-order chi connectivity index (χ0) is 12.5. The van der Waals surface area contributed by atoms with Gasteiger partial charge in [-0.15, -0.1) is 0 Å². The van der Waals surface area contributed by atoms with Crippen molar-refractivity contribution in [3.05, 3.63) is 29.6 Å². The standard InChI is InChI=1S/C12H17N3O2/c1-2-3-4-7-14-15-12(17)10-5-6-11(9-16)13-8-10/h5-8,16H,2-4,9H2,1H3,(H,15,17)/b14-7-. The van der Waals surface area contributed by atoms with Gasteiger partial charge in [-0.05, 0) is 25.0 Å². The first kappa shape index (κ1) is 13.3. The summed E-state index contributed by atoms with van der Waals surface area (Å²) in [6.45, 7) is 1.97. The van der Waals surface area contributed by atoms with Crippen LogP contribution in [0.5, 0.6) is 0 Å². The van der Waals surface area contributed by atoms with Gasteiger partial charge in [0.1, 0.15) is 0 Å². The van der Waals surface area contributed by atoms with Gasteiger partial charge in [-0.3, -0.25) is 9.78 Å². The Bertz CT molecular complexity index is 374. The molecule has 0 saturated carbocycles. The highest BCUT2D eigenvalue weighted by molar-refractivity contribution is 5.93. The zero-order valence-electron chi connectivity index (χ0n) is 9.89. The molecule has 0 aromatic carbocycles. The molecule has 0 aliphatic carbocycles. The number of hydrazone groups is 1. The topological polar surface area (TPSA) is 74.6 Å². The maximum Gasteiger partial charge on any atom is 0.272 e. The minimum Gasteiger partial charge on any atom is -0.390 e. The fraction of sp³-hybridized carbons (Fsp3) is 0.417. The second-order valence-corrected chi connectivity index (χ2v) is 3.59. The average Bonchev–Trinajstić information content (AvgIpc) is 2.38. The largest absolute Gasteiger partial charge is 0.390 e. The smallest absolute Gasteiger partial charge is 0.272 e. The van der Waals surface area contributed by atoms with E-state index >= 15 is 0 Å². The van der Waals surface area contributed by atoms with E-state index in [1.807, 2.05) is 0 Å². The summed E-state index contributed by atoms with van der Waals surface area (Å²) in [5.74, 6) is -0.297. The third-order valence-electron chi connectivity index (χ3n) is 2.19. The van der Waals surface area contributed by atoms with Crippen LogP contribution in [-0.4, -0.2) is 22.2 Å². The Morgan fingerprint density at radius 2 is 2.41 bits per heavy atom. The summed E-state index contributed by atoms with van der Waals surface area (Å²) in [7, 11) is 0. The van der Waals surface area contributed by atoms with Gasteiger partial charge in [0.25, 0.3) is 5.91 Å². The molecular formula is C12H17N3O2. The molecule has 1 rings (SSSR count). The lowest BCUT2D eigenvalue weighted by atomic mass is 10.2. The zero-order valence-corrected chi connectivity index (χ0v) is 9.89. The molecule has 0 radical (unpaired) electrons. The van der Waals surface area contributed by atoms with Gasteiger partial charge in [-0.1, -0.05) is 13.3 Å². The predicted octanol–water partition coefficient (Wildman–Crippen LogP) is 1.48. The van der Waals surface area contributed by atoms with Crippen LogP contribution in [0.1, 0.15) is 42.2 Å². The summed E-state index contributed by atoms with van der Waals surface area (Å²) in [5, 5.41) is 12.6. The Kier molecular flexibility index (Phi) is 5.88. The molecule has 1 aromatic rings. The van der Waals surface area contributed by atoms with Crippen molar-refractivity contribution in [2.75, 3.05) is 0 Å². The highest BCUT2D eigenvalue weighted by Crippen LogP contribution is 2.00. The first-order valence-corrected chi connectivity index (χ1v) is 5.65. The number of pyridine rings is 1. The maximum absolute atomic E-state index is 11.5. The predicted molar refractivity (Wildman–Crippen MR) is 65.6 cm³/mol. The molecule has 0 fully saturated rings.